The van der Waals surface area contributed by atoms with Crippen molar-refractivity contribution in [2.24, 2.45) is 0 Å². The molecule has 2 unspecified atom stereocenters. The summed E-state index contributed by atoms with van der Waals surface area (Å²) >= 11 is 9.44. The lowest BCUT2D eigenvalue weighted by Gasteiger charge is -2.41. The van der Waals surface area contributed by atoms with E-state index < -0.39 is 0 Å². The molecule has 2 N–H and O–H groups in total. The second-order valence-corrected chi connectivity index (χ2v) is 6.69. The Kier molecular flexibility index (Phi) is 5.73. The molecular formula is C15H21BrClNO2. The highest BCUT2D eigenvalue weighted by Crippen LogP contribution is 2.33. The second kappa shape index (κ2) is 7.12. The molecule has 0 aliphatic carbocycles. The lowest BCUT2D eigenvalue weighted by molar-refractivity contribution is -0.0299. The summed E-state index contributed by atoms with van der Waals surface area (Å²) in [6.07, 6.45) is 4.00. The molecule has 3 nitrogen and oxygen atoms in total. The van der Waals surface area contributed by atoms with Crippen molar-refractivity contribution in [3.8, 4) is 0 Å². The first-order chi connectivity index (χ1) is 9.58. The number of aliphatic hydroxyl groups excluding tert-OH is 1. The topological polar surface area (TPSA) is 41.5 Å². The summed E-state index contributed by atoms with van der Waals surface area (Å²) in [6.45, 7) is 2.95. The molecule has 1 saturated heterocycles. The van der Waals surface area contributed by atoms with Gasteiger partial charge >= 0.3 is 0 Å². The van der Waals surface area contributed by atoms with E-state index in [0.29, 0.717) is 11.6 Å². The molecule has 2 atom stereocenters. The molecule has 0 saturated carbocycles. The predicted octanol–water partition coefficient (Wildman–Crippen LogP) is 4.22. The summed E-state index contributed by atoms with van der Waals surface area (Å²) in [5.41, 5.74) is 0.665. The smallest absolute Gasteiger partial charge is 0.0663 e. The van der Waals surface area contributed by atoms with Crippen molar-refractivity contribution in [1.29, 1.82) is 0 Å². The number of benzene rings is 1. The average molecular weight is 363 g/mol. The number of halogens is 2. The molecule has 1 aliphatic heterocycles. The van der Waals surface area contributed by atoms with Crippen molar-refractivity contribution in [3.63, 3.8) is 0 Å². The number of rotatable bonds is 5. The minimum atomic E-state index is -0.300. The van der Waals surface area contributed by atoms with Crippen LogP contribution in [0.5, 0.6) is 0 Å². The first-order valence-corrected chi connectivity index (χ1v) is 8.21. The molecule has 20 heavy (non-hydrogen) atoms. The van der Waals surface area contributed by atoms with Gasteiger partial charge < -0.3 is 15.2 Å². The Morgan fingerprint density at radius 2 is 2.35 bits per heavy atom. The van der Waals surface area contributed by atoms with Gasteiger partial charge in [0.15, 0.2) is 0 Å². The van der Waals surface area contributed by atoms with Crippen molar-refractivity contribution in [2.75, 3.05) is 18.5 Å². The third kappa shape index (κ3) is 3.88. The Bertz CT molecular complexity index is 455. The maximum absolute atomic E-state index is 9.86. The van der Waals surface area contributed by atoms with Crippen molar-refractivity contribution in [3.05, 3.63) is 27.7 Å². The lowest BCUT2D eigenvalue weighted by atomic mass is 9.85. The fraction of sp³-hybridized carbons (Fsp3) is 0.600. The van der Waals surface area contributed by atoms with Gasteiger partial charge in [-0.1, -0.05) is 24.9 Å². The molecule has 0 amide bonds. The van der Waals surface area contributed by atoms with Crippen LogP contribution in [0.15, 0.2) is 22.7 Å². The molecule has 1 aromatic carbocycles. The number of ether oxygens (including phenoxy) is 1. The maximum Gasteiger partial charge on any atom is 0.0663 e. The molecule has 112 valence electrons. The summed E-state index contributed by atoms with van der Waals surface area (Å²) in [4.78, 5) is 0. The van der Waals surface area contributed by atoms with Crippen LogP contribution >= 0.6 is 27.5 Å². The van der Waals surface area contributed by atoms with E-state index in [9.17, 15) is 5.11 Å². The minimum Gasteiger partial charge on any atom is -0.394 e. The zero-order valence-corrected chi connectivity index (χ0v) is 14.0. The van der Waals surface area contributed by atoms with Gasteiger partial charge in [-0.2, -0.15) is 0 Å². The Morgan fingerprint density at radius 1 is 1.55 bits per heavy atom. The van der Waals surface area contributed by atoms with Crippen molar-refractivity contribution < 1.29 is 9.84 Å². The van der Waals surface area contributed by atoms with Gasteiger partial charge in [0.1, 0.15) is 0 Å². The van der Waals surface area contributed by atoms with Crippen LogP contribution in [-0.4, -0.2) is 30.0 Å². The molecule has 1 heterocycles. The van der Waals surface area contributed by atoms with Crippen LogP contribution in [0.25, 0.3) is 0 Å². The van der Waals surface area contributed by atoms with Crippen molar-refractivity contribution in [2.45, 2.75) is 44.2 Å². The summed E-state index contributed by atoms with van der Waals surface area (Å²) in [7, 11) is 0. The molecule has 0 spiro atoms. The monoisotopic (exact) mass is 361 g/mol. The standard InChI is InChI=1S/C15H21BrClNO2/c1-2-3-12-9-15(10-19,6-7-20-12)18-11-4-5-14(17)13(16)8-11/h4-5,8,12,18-19H,2-3,6-7,9-10H2,1H3. The van der Waals surface area contributed by atoms with Crippen LogP contribution in [0.1, 0.15) is 32.6 Å². The first kappa shape index (κ1) is 16.1. The summed E-state index contributed by atoms with van der Waals surface area (Å²) in [5, 5.41) is 14.0. The highest BCUT2D eigenvalue weighted by Gasteiger charge is 2.36. The Balaban J connectivity index is 2.12. The van der Waals surface area contributed by atoms with E-state index in [1.807, 2.05) is 18.2 Å². The minimum absolute atomic E-state index is 0.108. The summed E-state index contributed by atoms with van der Waals surface area (Å²) < 4.78 is 6.63. The largest absolute Gasteiger partial charge is 0.394 e. The van der Waals surface area contributed by atoms with Gasteiger partial charge in [-0.3, -0.25) is 0 Å². The third-order valence-electron chi connectivity index (χ3n) is 3.79. The zero-order chi connectivity index (χ0) is 14.6. The van der Waals surface area contributed by atoms with E-state index in [1.165, 1.54) is 0 Å². The van der Waals surface area contributed by atoms with E-state index in [4.69, 9.17) is 16.3 Å². The highest BCUT2D eigenvalue weighted by atomic mass is 79.9. The molecule has 1 fully saturated rings. The molecule has 0 radical (unpaired) electrons. The Morgan fingerprint density at radius 3 is 3.00 bits per heavy atom. The Labute approximate surface area is 133 Å². The van der Waals surface area contributed by atoms with E-state index in [1.54, 1.807) is 0 Å². The van der Waals surface area contributed by atoms with Crippen LogP contribution in [0, 0.1) is 0 Å². The third-order valence-corrected chi connectivity index (χ3v) is 5.01. The van der Waals surface area contributed by atoms with Gasteiger partial charge in [0.05, 0.1) is 23.3 Å². The molecule has 1 aromatic rings. The highest BCUT2D eigenvalue weighted by molar-refractivity contribution is 9.10. The van der Waals surface area contributed by atoms with Crippen LogP contribution in [-0.2, 0) is 4.74 Å². The average Bonchev–Trinajstić information content (AvgIpc) is 2.44. The van der Waals surface area contributed by atoms with Gasteiger partial charge in [0.25, 0.3) is 0 Å². The molecule has 0 bridgehead atoms. The number of anilines is 1. The van der Waals surface area contributed by atoms with E-state index >= 15 is 0 Å². The zero-order valence-electron chi connectivity index (χ0n) is 11.7. The molecule has 2 rings (SSSR count). The van der Waals surface area contributed by atoms with Gasteiger partial charge in [0.2, 0.25) is 0 Å². The number of aliphatic hydroxyl groups is 1. The number of hydrogen-bond acceptors (Lipinski definition) is 3. The SMILES string of the molecule is CCCC1CC(CO)(Nc2ccc(Cl)c(Br)c2)CCO1. The van der Waals surface area contributed by atoms with Crippen LogP contribution in [0.2, 0.25) is 5.02 Å². The maximum atomic E-state index is 9.86. The summed E-state index contributed by atoms with van der Waals surface area (Å²) in [5.74, 6) is 0. The Hall–Kier alpha value is -0.290. The van der Waals surface area contributed by atoms with E-state index in [0.717, 1.165) is 35.8 Å². The molecular weight excluding hydrogens is 342 g/mol. The van der Waals surface area contributed by atoms with Gasteiger partial charge in [-0.15, -0.1) is 0 Å². The van der Waals surface area contributed by atoms with E-state index in [-0.39, 0.29) is 18.2 Å². The molecule has 5 heteroatoms. The first-order valence-electron chi connectivity index (χ1n) is 7.04. The van der Waals surface area contributed by atoms with Gasteiger partial charge in [-0.25, -0.2) is 0 Å². The van der Waals surface area contributed by atoms with E-state index in [2.05, 4.69) is 28.2 Å². The van der Waals surface area contributed by atoms with Crippen LogP contribution < -0.4 is 5.32 Å². The fourth-order valence-electron chi connectivity index (χ4n) is 2.70. The molecule has 1 aliphatic rings. The van der Waals surface area contributed by atoms with Gasteiger partial charge in [0, 0.05) is 16.8 Å². The van der Waals surface area contributed by atoms with Crippen LogP contribution in [0.3, 0.4) is 0 Å². The quantitative estimate of drug-likeness (QED) is 0.824. The van der Waals surface area contributed by atoms with Crippen molar-refractivity contribution >= 4 is 33.2 Å². The van der Waals surface area contributed by atoms with Gasteiger partial charge in [-0.05, 0) is 53.4 Å². The van der Waals surface area contributed by atoms with Crippen LogP contribution in [0.4, 0.5) is 5.69 Å². The lowest BCUT2D eigenvalue weighted by Crippen LogP contribution is -2.49. The second-order valence-electron chi connectivity index (χ2n) is 5.43. The molecule has 0 aromatic heterocycles. The van der Waals surface area contributed by atoms with Crippen molar-refractivity contribution in [1.82, 2.24) is 0 Å². The number of nitrogens with one attached hydrogen (secondary N) is 1. The summed E-state index contributed by atoms with van der Waals surface area (Å²) in [6, 6.07) is 5.74. The fourth-order valence-corrected chi connectivity index (χ4v) is 3.20. The normalized spacial score (nSPS) is 26.5. The predicted molar refractivity (Wildman–Crippen MR) is 86.5 cm³/mol. The number of hydrogen-bond donors (Lipinski definition) is 2.